The van der Waals surface area contributed by atoms with E-state index in [4.69, 9.17) is 0 Å². The Bertz CT molecular complexity index is 332. The number of ether oxygens (including phenoxy) is 1. The number of carbonyl (C=O) groups is 1. The van der Waals surface area contributed by atoms with Crippen LogP contribution in [0.3, 0.4) is 0 Å². The molecule has 0 aliphatic heterocycles. The highest BCUT2D eigenvalue weighted by molar-refractivity contribution is 9.10. The van der Waals surface area contributed by atoms with E-state index in [9.17, 15) is 4.79 Å². The molecule has 0 spiro atoms. The zero-order valence-electron chi connectivity index (χ0n) is 7.66. The molecule has 0 aromatic heterocycles. The second kappa shape index (κ2) is 5.44. The summed E-state index contributed by atoms with van der Waals surface area (Å²) in [7, 11) is 1.34. The molecule has 1 rings (SSSR count). The molecule has 0 fully saturated rings. The SMILES string of the molecule is COC(=O)/C=C/Nc1ccc(Br)cc1. The van der Waals surface area contributed by atoms with Crippen LogP contribution >= 0.6 is 15.9 Å². The van der Waals surface area contributed by atoms with E-state index in [1.165, 1.54) is 19.4 Å². The van der Waals surface area contributed by atoms with Crippen molar-refractivity contribution in [1.29, 1.82) is 0 Å². The highest BCUT2D eigenvalue weighted by Crippen LogP contribution is 2.13. The van der Waals surface area contributed by atoms with Crippen molar-refractivity contribution in [2.24, 2.45) is 0 Å². The maximum absolute atomic E-state index is 10.7. The van der Waals surface area contributed by atoms with Gasteiger partial charge < -0.3 is 10.1 Å². The van der Waals surface area contributed by atoms with E-state index in [1.54, 1.807) is 0 Å². The molecular weight excluding hydrogens is 246 g/mol. The van der Waals surface area contributed by atoms with E-state index in [1.807, 2.05) is 24.3 Å². The van der Waals surface area contributed by atoms with Crippen LogP contribution in [0.2, 0.25) is 0 Å². The molecule has 4 heteroatoms. The minimum Gasteiger partial charge on any atom is -0.466 e. The highest BCUT2D eigenvalue weighted by Gasteiger charge is 1.91. The van der Waals surface area contributed by atoms with E-state index < -0.39 is 0 Å². The molecule has 1 aromatic carbocycles. The monoisotopic (exact) mass is 255 g/mol. The molecule has 74 valence electrons. The summed E-state index contributed by atoms with van der Waals surface area (Å²) in [6.45, 7) is 0. The van der Waals surface area contributed by atoms with Crippen LogP contribution in [0.4, 0.5) is 5.69 Å². The Morgan fingerprint density at radius 2 is 2.07 bits per heavy atom. The number of hydrogen-bond donors (Lipinski definition) is 1. The molecule has 1 N–H and O–H groups in total. The van der Waals surface area contributed by atoms with Crippen LogP contribution in [0, 0.1) is 0 Å². The van der Waals surface area contributed by atoms with Crippen molar-refractivity contribution in [2.45, 2.75) is 0 Å². The summed E-state index contributed by atoms with van der Waals surface area (Å²) in [5.74, 6) is -0.380. The predicted molar refractivity (Wildman–Crippen MR) is 58.9 cm³/mol. The van der Waals surface area contributed by atoms with Crippen LogP contribution in [-0.2, 0) is 9.53 Å². The normalized spacial score (nSPS) is 10.1. The summed E-state index contributed by atoms with van der Waals surface area (Å²) in [6.07, 6.45) is 2.86. The van der Waals surface area contributed by atoms with Crippen molar-refractivity contribution in [3.8, 4) is 0 Å². The molecule has 14 heavy (non-hydrogen) atoms. The summed E-state index contributed by atoms with van der Waals surface area (Å²) in [4.78, 5) is 10.7. The first kappa shape index (κ1) is 10.8. The van der Waals surface area contributed by atoms with Gasteiger partial charge in [0.1, 0.15) is 0 Å². The molecule has 0 bridgehead atoms. The Kier molecular flexibility index (Phi) is 4.19. The van der Waals surface area contributed by atoms with Gasteiger partial charge in [0.05, 0.1) is 7.11 Å². The van der Waals surface area contributed by atoms with Crippen molar-refractivity contribution in [2.75, 3.05) is 12.4 Å². The zero-order valence-corrected chi connectivity index (χ0v) is 9.24. The van der Waals surface area contributed by atoms with Gasteiger partial charge in [-0.2, -0.15) is 0 Å². The first-order valence-electron chi connectivity index (χ1n) is 3.99. The van der Waals surface area contributed by atoms with Gasteiger partial charge in [-0.3, -0.25) is 0 Å². The number of carbonyl (C=O) groups excluding carboxylic acids is 1. The number of hydrogen-bond acceptors (Lipinski definition) is 3. The molecule has 0 amide bonds. The topological polar surface area (TPSA) is 38.3 Å². The summed E-state index contributed by atoms with van der Waals surface area (Å²) in [5.41, 5.74) is 0.911. The largest absolute Gasteiger partial charge is 0.466 e. The summed E-state index contributed by atoms with van der Waals surface area (Å²) in [5, 5.41) is 2.93. The number of methoxy groups -OCH3 is 1. The predicted octanol–water partition coefficient (Wildman–Crippen LogP) is 2.55. The number of halogens is 1. The minimum atomic E-state index is -0.380. The Labute approximate surface area is 90.9 Å². The molecule has 0 atom stereocenters. The average molecular weight is 256 g/mol. The lowest BCUT2D eigenvalue weighted by molar-refractivity contribution is -0.134. The van der Waals surface area contributed by atoms with Gasteiger partial charge in [0.25, 0.3) is 0 Å². The van der Waals surface area contributed by atoms with Crippen molar-refractivity contribution >= 4 is 27.6 Å². The molecular formula is C10H10BrNO2. The third-order valence-corrected chi connectivity index (χ3v) is 2.04. The fourth-order valence-electron chi connectivity index (χ4n) is 0.820. The first-order valence-corrected chi connectivity index (χ1v) is 4.78. The van der Waals surface area contributed by atoms with Crippen molar-refractivity contribution in [1.82, 2.24) is 0 Å². The molecule has 0 aliphatic rings. The van der Waals surface area contributed by atoms with Crippen LogP contribution < -0.4 is 5.32 Å². The lowest BCUT2D eigenvalue weighted by Crippen LogP contribution is -1.96. The highest BCUT2D eigenvalue weighted by atomic mass is 79.9. The number of esters is 1. The van der Waals surface area contributed by atoms with Crippen molar-refractivity contribution in [3.63, 3.8) is 0 Å². The summed E-state index contributed by atoms with van der Waals surface area (Å²) in [6, 6.07) is 7.61. The standard InChI is InChI=1S/C10H10BrNO2/c1-14-10(13)6-7-12-9-4-2-8(11)3-5-9/h2-7,12H,1H3/b7-6+. The smallest absolute Gasteiger partial charge is 0.331 e. The van der Waals surface area contributed by atoms with Crippen molar-refractivity contribution in [3.05, 3.63) is 41.0 Å². The summed E-state index contributed by atoms with van der Waals surface area (Å²) >= 11 is 3.33. The van der Waals surface area contributed by atoms with Crippen LogP contribution in [0.25, 0.3) is 0 Å². The number of anilines is 1. The van der Waals surface area contributed by atoms with E-state index in [2.05, 4.69) is 26.0 Å². The zero-order chi connectivity index (χ0) is 10.4. The van der Waals surface area contributed by atoms with Gasteiger partial charge in [-0.05, 0) is 24.3 Å². The lowest BCUT2D eigenvalue weighted by atomic mass is 10.3. The summed E-state index contributed by atoms with van der Waals surface area (Å²) < 4.78 is 5.45. The average Bonchev–Trinajstić information content (AvgIpc) is 2.21. The second-order valence-corrected chi connectivity index (χ2v) is 3.42. The van der Waals surface area contributed by atoms with Crippen LogP contribution in [-0.4, -0.2) is 13.1 Å². The Morgan fingerprint density at radius 1 is 1.43 bits per heavy atom. The molecule has 0 heterocycles. The van der Waals surface area contributed by atoms with Crippen LogP contribution in [0.5, 0.6) is 0 Å². The Morgan fingerprint density at radius 3 is 2.64 bits per heavy atom. The maximum atomic E-state index is 10.7. The molecule has 1 aromatic rings. The fourth-order valence-corrected chi connectivity index (χ4v) is 1.08. The maximum Gasteiger partial charge on any atom is 0.331 e. The van der Waals surface area contributed by atoms with E-state index >= 15 is 0 Å². The van der Waals surface area contributed by atoms with Gasteiger partial charge in [0.2, 0.25) is 0 Å². The van der Waals surface area contributed by atoms with Gasteiger partial charge in [-0.15, -0.1) is 0 Å². The second-order valence-electron chi connectivity index (χ2n) is 2.51. The first-order chi connectivity index (χ1) is 6.72. The quantitative estimate of drug-likeness (QED) is 0.667. The van der Waals surface area contributed by atoms with Gasteiger partial charge >= 0.3 is 5.97 Å². The lowest BCUT2D eigenvalue weighted by Gasteiger charge is -1.99. The Hall–Kier alpha value is -1.29. The van der Waals surface area contributed by atoms with E-state index in [0.29, 0.717) is 0 Å². The fraction of sp³-hybridized carbons (Fsp3) is 0.100. The third kappa shape index (κ3) is 3.62. The van der Waals surface area contributed by atoms with Gasteiger partial charge in [0, 0.05) is 22.4 Å². The van der Waals surface area contributed by atoms with Crippen molar-refractivity contribution < 1.29 is 9.53 Å². The minimum absolute atomic E-state index is 0.380. The molecule has 0 aliphatic carbocycles. The third-order valence-electron chi connectivity index (χ3n) is 1.51. The molecule has 0 saturated carbocycles. The number of nitrogens with one attached hydrogen (secondary N) is 1. The van der Waals surface area contributed by atoms with Gasteiger partial charge in [-0.25, -0.2) is 4.79 Å². The van der Waals surface area contributed by atoms with E-state index in [0.717, 1.165) is 10.2 Å². The van der Waals surface area contributed by atoms with Gasteiger partial charge in [-0.1, -0.05) is 15.9 Å². The van der Waals surface area contributed by atoms with Gasteiger partial charge in [0.15, 0.2) is 0 Å². The molecule has 0 saturated heterocycles. The Balaban J connectivity index is 2.49. The molecule has 0 radical (unpaired) electrons. The number of benzene rings is 1. The molecule has 0 unspecified atom stereocenters. The van der Waals surface area contributed by atoms with E-state index in [-0.39, 0.29) is 5.97 Å². The van der Waals surface area contributed by atoms with Crippen LogP contribution in [0.15, 0.2) is 41.0 Å². The van der Waals surface area contributed by atoms with Crippen LogP contribution in [0.1, 0.15) is 0 Å². The molecule has 3 nitrogen and oxygen atoms in total. The number of rotatable bonds is 3.